The maximum absolute atomic E-state index is 9.81. The van der Waals surface area contributed by atoms with E-state index in [1.165, 1.54) is 0 Å². The van der Waals surface area contributed by atoms with Crippen LogP contribution in [0.2, 0.25) is 0 Å². The Morgan fingerprint density at radius 1 is 1.25 bits per heavy atom. The number of hydrogen-bond acceptors (Lipinski definition) is 6. The number of aromatic amines is 1. The largest absolute Gasteiger partial charge is 0.490 e. The monoisotopic (exact) mass is 494 g/mol. The Bertz CT molecular complexity index is 1240. The van der Waals surface area contributed by atoms with Crippen LogP contribution >= 0.6 is 15.9 Å². The second-order valence-electron chi connectivity index (χ2n) is 7.47. The molecule has 2 aromatic carbocycles. The van der Waals surface area contributed by atoms with Gasteiger partial charge in [0.25, 0.3) is 0 Å². The number of rotatable bonds is 6. The fraction of sp³-hybridized carbons (Fsp3) is 0.250. The Morgan fingerprint density at radius 3 is 2.75 bits per heavy atom. The van der Waals surface area contributed by atoms with Crippen LogP contribution in [0.5, 0.6) is 17.4 Å². The van der Waals surface area contributed by atoms with Crippen LogP contribution in [0.4, 0.5) is 0 Å². The average molecular weight is 495 g/mol. The van der Waals surface area contributed by atoms with E-state index >= 15 is 0 Å². The molecule has 0 spiro atoms. The normalized spacial score (nSPS) is 15.0. The third kappa shape index (κ3) is 3.92. The Kier molecular flexibility index (Phi) is 6.10. The third-order valence-corrected chi connectivity index (χ3v) is 6.02. The zero-order chi connectivity index (χ0) is 22.8. The van der Waals surface area contributed by atoms with Crippen LogP contribution in [-0.2, 0) is 6.61 Å². The van der Waals surface area contributed by atoms with E-state index in [0.717, 1.165) is 32.4 Å². The number of fused-ring (bicyclic) bond motifs is 1. The standard InChI is InChI=1S/C24H23BrN4O3/c1-4-30-19-10-16(9-18(25)22(19)31-12-15-8-6-5-7-13(15)2)21-17(11-26)23(27)32-24-20(21)14(3)28-29-24/h5-10,21H,4,12,27H2,1-3H3,(H,28,29)/t21-/m0/s1. The minimum Gasteiger partial charge on any atom is -0.490 e. The van der Waals surface area contributed by atoms with Gasteiger partial charge in [-0.2, -0.15) is 5.26 Å². The molecule has 2 heterocycles. The topological polar surface area (TPSA) is 106 Å². The van der Waals surface area contributed by atoms with E-state index in [1.54, 1.807) is 0 Å². The van der Waals surface area contributed by atoms with Gasteiger partial charge in [-0.15, -0.1) is 5.10 Å². The van der Waals surface area contributed by atoms with E-state index in [4.69, 9.17) is 19.9 Å². The van der Waals surface area contributed by atoms with E-state index in [0.29, 0.717) is 36.2 Å². The zero-order valence-corrected chi connectivity index (χ0v) is 19.6. The van der Waals surface area contributed by atoms with Crippen LogP contribution < -0.4 is 19.9 Å². The first kappa shape index (κ1) is 21.8. The molecule has 7 nitrogen and oxygen atoms in total. The van der Waals surface area contributed by atoms with Crippen LogP contribution in [0.1, 0.15) is 40.8 Å². The number of nitrogens with two attached hydrogens (primary N) is 1. The lowest BCUT2D eigenvalue weighted by Crippen LogP contribution is -2.21. The molecular weight excluding hydrogens is 472 g/mol. The van der Waals surface area contributed by atoms with Crippen molar-refractivity contribution < 1.29 is 14.2 Å². The molecule has 3 N–H and O–H groups in total. The first-order chi connectivity index (χ1) is 15.4. The number of aromatic nitrogens is 2. The van der Waals surface area contributed by atoms with Gasteiger partial charge in [-0.25, -0.2) is 0 Å². The molecule has 4 rings (SSSR count). The average Bonchev–Trinajstić information content (AvgIpc) is 3.13. The highest BCUT2D eigenvalue weighted by Crippen LogP contribution is 2.46. The maximum Gasteiger partial charge on any atom is 0.244 e. The van der Waals surface area contributed by atoms with Gasteiger partial charge in [-0.05, 0) is 65.5 Å². The van der Waals surface area contributed by atoms with Gasteiger partial charge in [0.2, 0.25) is 11.8 Å². The Labute approximate surface area is 194 Å². The van der Waals surface area contributed by atoms with Crippen molar-refractivity contribution in [2.75, 3.05) is 6.61 Å². The van der Waals surface area contributed by atoms with E-state index < -0.39 is 5.92 Å². The van der Waals surface area contributed by atoms with Crippen LogP contribution in [0, 0.1) is 25.2 Å². The number of benzene rings is 2. The SMILES string of the molecule is CCOc1cc([C@H]2C(C#N)=C(N)Oc3n[nH]c(C)c32)cc(Br)c1OCc1ccccc1C. The molecule has 0 unspecified atom stereocenters. The number of halogens is 1. The molecule has 0 fully saturated rings. The number of hydrogen-bond donors (Lipinski definition) is 2. The van der Waals surface area contributed by atoms with Gasteiger partial charge >= 0.3 is 0 Å². The van der Waals surface area contributed by atoms with Gasteiger partial charge in [-0.3, -0.25) is 5.10 Å². The summed E-state index contributed by atoms with van der Waals surface area (Å²) < 4.78 is 18.4. The Morgan fingerprint density at radius 2 is 2.03 bits per heavy atom. The second-order valence-corrected chi connectivity index (χ2v) is 8.32. The lowest BCUT2D eigenvalue weighted by atomic mass is 9.84. The number of nitrogens with one attached hydrogen (secondary N) is 1. The summed E-state index contributed by atoms with van der Waals surface area (Å²) >= 11 is 3.64. The molecule has 0 saturated carbocycles. The maximum atomic E-state index is 9.81. The van der Waals surface area contributed by atoms with Crippen molar-refractivity contribution in [3.8, 4) is 23.4 Å². The van der Waals surface area contributed by atoms with Crippen molar-refractivity contribution in [3.63, 3.8) is 0 Å². The van der Waals surface area contributed by atoms with Crippen LogP contribution in [-0.4, -0.2) is 16.8 Å². The minimum absolute atomic E-state index is 0.0467. The minimum atomic E-state index is -0.441. The number of aryl methyl sites for hydroxylation is 2. The van der Waals surface area contributed by atoms with Crippen LogP contribution in [0.15, 0.2) is 52.3 Å². The Hall–Kier alpha value is -3.44. The van der Waals surface area contributed by atoms with Crippen LogP contribution in [0.3, 0.4) is 0 Å². The fourth-order valence-corrected chi connectivity index (χ4v) is 4.39. The summed E-state index contributed by atoms with van der Waals surface area (Å²) in [6.07, 6.45) is 0. The zero-order valence-electron chi connectivity index (χ0n) is 18.0. The molecule has 8 heteroatoms. The highest BCUT2D eigenvalue weighted by atomic mass is 79.9. The summed E-state index contributed by atoms with van der Waals surface area (Å²) in [5.41, 5.74) is 11.0. The fourth-order valence-electron chi connectivity index (χ4n) is 3.81. The predicted octanol–water partition coefficient (Wildman–Crippen LogP) is 4.98. The number of nitriles is 1. The van der Waals surface area contributed by atoms with Gasteiger partial charge in [0.15, 0.2) is 11.5 Å². The van der Waals surface area contributed by atoms with Crippen LogP contribution in [0.25, 0.3) is 0 Å². The van der Waals surface area contributed by atoms with E-state index in [9.17, 15) is 5.26 Å². The molecule has 32 heavy (non-hydrogen) atoms. The summed E-state index contributed by atoms with van der Waals surface area (Å²) in [7, 11) is 0. The predicted molar refractivity (Wildman–Crippen MR) is 123 cm³/mol. The van der Waals surface area contributed by atoms with Crippen molar-refractivity contribution in [1.82, 2.24) is 10.2 Å². The summed E-state index contributed by atoms with van der Waals surface area (Å²) in [4.78, 5) is 0. The first-order valence-electron chi connectivity index (χ1n) is 10.2. The molecule has 164 valence electrons. The molecular formula is C24H23BrN4O3. The van der Waals surface area contributed by atoms with E-state index in [-0.39, 0.29) is 5.88 Å². The smallest absolute Gasteiger partial charge is 0.244 e. The molecule has 1 aromatic heterocycles. The quantitative estimate of drug-likeness (QED) is 0.500. The van der Waals surface area contributed by atoms with Crippen molar-refractivity contribution in [2.45, 2.75) is 33.3 Å². The summed E-state index contributed by atoms with van der Waals surface area (Å²) in [6, 6.07) is 14.1. The summed E-state index contributed by atoms with van der Waals surface area (Å²) in [5.74, 6) is 1.16. The third-order valence-electron chi connectivity index (χ3n) is 5.43. The lowest BCUT2D eigenvalue weighted by Gasteiger charge is -2.25. The van der Waals surface area contributed by atoms with Gasteiger partial charge in [0.05, 0.1) is 17.0 Å². The van der Waals surface area contributed by atoms with Crippen molar-refractivity contribution in [2.24, 2.45) is 5.73 Å². The molecule has 0 aliphatic carbocycles. The number of nitrogens with zero attached hydrogens (tertiary/aromatic N) is 2. The summed E-state index contributed by atoms with van der Waals surface area (Å²) in [5, 5.41) is 16.9. The second kappa shape index (κ2) is 8.97. The van der Waals surface area contributed by atoms with Gasteiger partial charge in [0.1, 0.15) is 18.2 Å². The molecule has 0 radical (unpaired) electrons. The molecule has 0 bridgehead atoms. The highest BCUT2D eigenvalue weighted by molar-refractivity contribution is 9.10. The molecule has 1 aliphatic heterocycles. The first-order valence-corrected chi connectivity index (χ1v) is 11.0. The molecule has 0 saturated heterocycles. The molecule has 1 aliphatic rings. The molecule has 1 atom stereocenters. The van der Waals surface area contributed by atoms with Gasteiger partial charge < -0.3 is 19.9 Å². The van der Waals surface area contributed by atoms with Gasteiger partial charge in [0, 0.05) is 11.3 Å². The number of H-pyrrole nitrogens is 1. The van der Waals surface area contributed by atoms with Crippen molar-refractivity contribution in [1.29, 1.82) is 5.26 Å². The molecule has 0 amide bonds. The van der Waals surface area contributed by atoms with Crippen molar-refractivity contribution in [3.05, 3.63) is 80.3 Å². The molecule has 3 aromatic rings. The number of ether oxygens (including phenoxy) is 3. The van der Waals surface area contributed by atoms with Crippen molar-refractivity contribution >= 4 is 15.9 Å². The van der Waals surface area contributed by atoms with E-state index in [2.05, 4.69) is 45.2 Å². The van der Waals surface area contributed by atoms with Gasteiger partial charge in [-0.1, -0.05) is 24.3 Å². The summed E-state index contributed by atoms with van der Waals surface area (Å²) in [6.45, 7) is 6.72. The number of allylic oxidation sites excluding steroid dienone is 1. The lowest BCUT2D eigenvalue weighted by molar-refractivity contribution is 0.267. The van der Waals surface area contributed by atoms with E-state index in [1.807, 2.05) is 44.2 Å². The Balaban J connectivity index is 1.77. The highest BCUT2D eigenvalue weighted by Gasteiger charge is 2.35.